The average Bonchev–Trinajstić information content (AvgIpc) is 3.59. The topological polar surface area (TPSA) is 67.7 Å². The summed E-state index contributed by atoms with van der Waals surface area (Å²) >= 11 is 0. The molecule has 7 heteroatoms. The van der Waals surface area contributed by atoms with Crippen molar-refractivity contribution in [2.45, 2.75) is 25.7 Å². The second-order valence-corrected chi connectivity index (χ2v) is 8.53. The molecule has 0 spiro atoms. The molecule has 0 bridgehead atoms. The number of carbonyl (C=O) groups excluding carboxylic acids is 1. The van der Waals surface area contributed by atoms with E-state index in [-0.39, 0.29) is 18.2 Å². The van der Waals surface area contributed by atoms with Crippen molar-refractivity contribution in [1.29, 1.82) is 0 Å². The number of nitrogens with zero attached hydrogens (tertiary/aromatic N) is 4. The summed E-state index contributed by atoms with van der Waals surface area (Å²) in [5.41, 5.74) is 4.78. The molecule has 2 aromatic rings. The van der Waals surface area contributed by atoms with Crippen LogP contribution in [0.5, 0.6) is 5.88 Å². The van der Waals surface area contributed by atoms with Gasteiger partial charge in [-0.15, -0.1) is 0 Å². The molecule has 0 atom stereocenters. The second kappa shape index (κ2) is 9.10. The standard InChI is InChI=1S/C26H25FN4O2/c1-33-24-9-6-18(15-30-24)22-3-2-11-28-25(22)26(32)31(16-17-4-5-17)12-10-19-14-29-23-13-20(27)7-8-21(19)23/h2-3,6-9,11,14-15,17H,4-5,10,12-13,16H2,1H3. The minimum Gasteiger partial charge on any atom is -0.481 e. The minimum absolute atomic E-state index is 0.0865. The Morgan fingerprint density at radius 2 is 2.09 bits per heavy atom. The number of pyridine rings is 2. The van der Waals surface area contributed by atoms with Crippen molar-refractivity contribution >= 4 is 11.6 Å². The lowest BCUT2D eigenvalue weighted by molar-refractivity contribution is 0.0745. The van der Waals surface area contributed by atoms with Crippen LogP contribution in [0.25, 0.3) is 11.1 Å². The van der Waals surface area contributed by atoms with Gasteiger partial charge in [0.15, 0.2) is 0 Å². The highest BCUT2D eigenvalue weighted by Gasteiger charge is 2.30. The molecule has 1 fully saturated rings. The Hall–Kier alpha value is -3.61. The van der Waals surface area contributed by atoms with Gasteiger partial charge in [-0.3, -0.25) is 14.8 Å². The molecule has 2 aliphatic carbocycles. The van der Waals surface area contributed by atoms with Gasteiger partial charge in [0.05, 0.1) is 12.8 Å². The maximum Gasteiger partial charge on any atom is 0.273 e. The third kappa shape index (κ3) is 4.62. The normalized spacial score (nSPS) is 16.9. The molecule has 0 unspecified atom stereocenters. The zero-order valence-electron chi connectivity index (χ0n) is 18.5. The fraction of sp³-hybridized carbons (Fsp3) is 0.308. The number of hydrogen-bond donors (Lipinski definition) is 0. The van der Waals surface area contributed by atoms with Crippen molar-refractivity contribution in [2.24, 2.45) is 10.9 Å². The van der Waals surface area contributed by atoms with Crippen LogP contribution in [-0.2, 0) is 0 Å². The number of fused-ring (bicyclic) bond motifs is 1. The predicted octanol–water partition coefficient (Wildman–Crippen LogP) is 4.92. The molecule has 0 aromatic carbocycles. The van der Waals surface area contributed by atoms with Gasteiger partial charge in [-0.25, -0.2) is 9.37 Å². The van der Waals surface area contributed by atoms with Crippen molar-refractivity contribution in [3.63, 3.8) is 0 Å². The number of halogens is 1. The largest absolute Gasteiger partial charge is 0.481 e. The first-order valence-electron chi connectivity index (χ1n) is 11.2. The van der Waals surface area contributed by atoms with Crippen LogP contribution in [0.3, 0.4) is 0 Å². The summed E-state index contributed by atoms with van der Waals surface area (Å²) in [5, 5.41) is 0. The van der Waals surface area contributed by atoms with E-state index in [0.29, 0.717) is 37.0 Å². The summed E-state index contributed by atoms with van der Waals surface area (Å²) in [6.07, 6.45) is 11.6. The molecule has 0 radical (unpaired) electrons. The van der Waals surface area contributed by atoms with Gasteiger partial charge in [-0.2, -0.15) is 0 Å². The van der Waals surface area contributed by atoms with E-state index in [9.17, 15) is 9.18 Å². The summed E-state index contributed by atoms with van der Waals surface area (Å²) in [7, 11) is 1.57. The van der Waals surface area contributed by atoms with Crippen LogP contribution >= 0.6 is 0 Å². The van der Waals surface area contributed by atoms with Crippen LogP contribution in [0.2, 0.25) is 0 Å². The quantitative estimate of drug-likeness (QED) is 0.580. The Kier molecular flexibility index (Phi) is 5.86. The molecule has 2 aromatic heterocycles. The van der Waals surface area contributed by atoms with E-state index in [2.05, 4.69) is 15.0 Å². The number of ether oxygens (including phenoxy) is 1. The predicted molar refractivity (Wildman–Crippen MR) is 125 cm³/mol. The number of hydrogen-bond acceptors (Lipinski definition) is 5. The molecule has 3 aliphatic rings. The van der Waals surface area contributed by atoms with Crippen LogP contribution in [-0.4, -0.2) is 46.7 Å². The first-order chi connectivity index (χ1) is 16.1. The van der Waals surface area contributed by atoms with E-state index >= 15 is 0 Å². The van der Waals surface area contributed by atoms with Gasteiger partial charge in [0.25, 0.3) is 5.91 Å². The van der Waals surface area contributed by atoms with Gasteiger partial charge in [-0.1, -0.05) is 12.1 Å². The Balaban J connectivity index is 1.36. The molecule has 1 aliphatic heterocycles. The van der Waals surface area contributed by atoms with Crippen molar-refractivity contribution in [2.75, 3.05) is 20.2 Å². The van der Waals surface area contributed by atoms with Crippen molar-refractivity contribution in [1.82, 2.24) is 14.9 Å². The van der Waals surface area contributed by atoms with E-state index in [1.54, 1.807) is 31.6 Å². The highest BCUT2D eigenvalue weighted by atomic mass is 19.1. The van der Waals surface area contributed by atoms with Crippen LogP contribution in [0.15, 0.2) is 77.0 Å². The van der Waals surface area contributed by atoms with E-state index in [1.807, 2.05) is 29.3 Å². The van der Waals surface area contributed by atoms with Gasteiger partial charge >= 0.3 is 0 Å². The smallest absolute Gasteiger partial charge is 0.273 e. The first-order valence-corrected chi connectivity index (χ1v) is 11.2. The van der Waals surface area contributed by atoms with Crippen molar-refractivity contribution in [3.8, 4) is 17.0 Å². The van der Waals surface area contributed by atoms with E-state index < -0.39 is 0 Å². The highest BCUT2D eigenvalue weighted by Crippen LogP contribution is 2.33. The van der Waals surface area contributed by atoms with Crippen LogP contribution < -0.4 is 4.74 Å². The third-order valence-corrected chi connectivity index (χ3v) is 6.18. The number of aliphatic imine (C=N–C) groups is 1. The molecule has 0 N–H and O–H groups in total. The summed E-state index contributed by atoms with van der Waals surface area (Å²) in [6.45, 7) is 1.27. The molecule has 168 valence electrons. The number of rotatable bonds is 8. The molecule has 1 saturated carbocycles. The molecule has 5 rings (SSSR count). The number of carbonyl (C=O) groups is 1. The zero-order valence-corrected chi connectivity index (χ0v) is 18.5. The monoisotopic (exact) mass is 444 g/mol. The molecule has 1 amide bonds. The number of allylic oxidation sites excluding steroid dienone is 4. The van der Waals surface area contributed by atoms with Crippen LogP contribution in [0.4, 0.5) is 4.39 Å². The highest BCUT2D eigenvalue weighted by molar-refractivity contribution is 6.08. The average molecular weight is 445 g/mol. The van der Waals surface area contributed by atoms with Gasteiger partial charge in [0.1, 0.15) is 11.5 Å². The Morgan fingerprint density at radius 1 is 1.21 bits per heavy atom. The molecular weight excluding hydrogens is 419 g/mol. The molecule has 0 saturated heterocycles. The maximum absolute atomic E-state index is 13.7. The Morgan fingerprint density at radius 3 is 2.85 bits per heavy atom. The summed E-state index contributed by atoms with van der Waals surface area (Å²) in [4.78, 5) is 28.7. The van der Waals surface area contributed by atoms with E-state index in [4.69, 9.17) is 4.74 Å². The first kappa shape index (κ1) is 21.2. The third-order valence-electron chi connectivity index (χ3n) is 6.18. The maximum atomic E-state index is 13.7. The second-order valence-electron chi connectivity index (χ2n) is 8.53. The Labute approximate surface area is 192 Å². The van der Waals surface area contributed by atoms with Gasteiger partial charge in [0, 0.05) is 60.9 Å². The lowest BCUT2D eigenvalue weighted by atomic mass is 9.95. The van der Waals surface area contributed by atoms with Gasteiger partial charge < -0.3 is 9.64 Å². The summed E-state index contributed by atoms with van der Waals surface area (Å²) in [6, 6.07) is 7.38. The molecular formula is C26H25FN4O2. The van der Waals surface area contributed by atoms with Gasteiger partial charge in [0.2, 0.25) is 5.88 Å². The van der Waals surface area contributed by atoms with Crippen molar-refractivity contribution < 1.29 is 13.9 Å². The number of aromatic nitrogens is 2. The van der Waals surface area contributed by atoms with E-state index in [1.165, 1.54) is 6.08 Å². The lowest BCUT2D eigenvalue weighted by Gasteiger charge is -2.24. The fourth-order valence-electron chi connectivity index (χ4n) is 4.18. The number of amides is 1. The Bertz CT molecular complexity index is 1190. The SMILES string of the molecule is COc1ccc(-c2cccnc2C(=O)N(CCC2=CN=C3CC(F)=CC=C23)CC2CC2)cn1. The minimum atomic E-state index is -0.173. The van der Waals surface area contributed by atoms with Crippen LogP contribution in [0.1, 0.15) is 36.2 Å². The molecule has 33 heavy (non-hydrogen) atoms. The molecule has 6 nitrogen and oxygen atoms in total. The van der Waals surface area contributed by atoms with Crippen LogP contribution in [0, 0.1) is 5.92 Å². The fourth-order valence-corrected chi connectivity index (χ4v) is 4.18. The number of methoxy groups -OCH3 is 1. The van der Waals surface area contributed by atoms with Gasteiger partial charge in [-0.05, 0) is 49.0 Å². The van der Waals surface area contributed by atoms with E-state index in [0.717, 1.165) is 40.8 Å². The van der Waals surface area contributed by atoms with Crippen molar-refractivity contribution in [3.05, 3.63) is 77.7 Å². The lowest BCUT2D eigenvalue weighted by Crippen LogP contribution is -2.35. The summed E-state index contributed by atoms with van der Waals surface area (Å²) in [5.74, 6) is 0.799. The zero-order chi connectivity index (χ0) is 22.8. The summed E-state index contributed by atoms with van der Waals surface area (Å²) < 4.78 is 18.7. The molecule has 3 heterocycles.